The number of phenolic OH excluding ortho intramolecular Hbond substituents is 3. The average molecular weight is 897 g/mol. The topological polar surface area (TPSA) is 207 Å². The number of amides is 1. The van der Waals surface area contributed by atoms with E-state index in [1.165, 1.54) is 40.4 Å². The van der Waals surface area contributed by atoms with Gasteiger partial charge in [0, 0.05) is 81.8 Å². The Hall–Kier alpha value is -4.64. The molecule has 0 saturated carbocycles. The van der Waals surface area contributed by atoms with E-state index in [4.69, 9.17) is 28.4 Å². The summed E-state index contributed by atoms with van der Waals surface area (Å²) < 4.78 is 37.8. The van der Waals surface area contributed by atoms with Crippen LogP contribution in [0.3, 0.4) is 0 Å². The molecule has 2 aromatic rings. The highest BCUT2D eigenvalue weighted by molar-refractivity contribution is 6.23. The first-order valence-corrected chi connectivity index (χ1v) is 22.8. The van der Waals surface area contributed by atoms with Gasteiger partial charge in [0.05, 0.1) is 65.2 Å². The van der Waals surface area contributed by atoms with Crippen LogP contribution in [0.15, 0.2) is 17.4 Å². The van der Waals surface area contributed by atoms with Crippen molar-refractivity contribution >= 4 is 40.3 Å². The number of carbonyl (C=O) groups is 3. The van der Waals surface area contributed by atoms with Gasteiger partial charge in [0.25, 0.3) is 5.78 Å². The number of nitrogens with one attached hydrogen (secondary N) is 2. The number of piperazine rings is 1. The van der Waals surface area contributed by atoms with Crippen molar-refractivity contribution in [2.75, 3.05) is 38.6 Å². The van der Waals surface area contributed by atoms with Gasteiger partial charge in [0.2, 0.25) is 5.91 Å². The molecule has 1 unspecified atom stereocenters. The molecular formula is C48H72N4O12. The number of benzene rings is 2. The van der Waals surface area contributed by atoms with Gasteiger partial charge in [0.1, 0.15) is 23.4 Å². The second kappa shape index (κ2) is 21.1. The van der Waals surface area contributed by atoms with E-state index in [0.717, 1.165) is 0 Å². The van der Waals surface area contributed by atoms with Gasteiger partial charge in [-0.25, -0.2) is 0 Å². The van der Waals surface area contributed by atoms with Crippen molar-refractivity contribution in [2.24, 2.45) is 34.7 Å². The predicted octanol–water partition coefficient (Wildman–Crippen LogP) is 7.16. The monoisotopic (exact) mass is 897 g/mol. The minimum Gasteiger partial charge on any atom is -0.507 e. The van der Waals surface area contributed by atoms with Gasteiger partial charge < -0.3 is 54.4 Å². The lowest BCUT2D eigenvalue weighted by atomic mass is 9.77. The van der Waals surface area contributed by atoms with Crippen LogP contribution >= 0.6 is 0 Å². The summed E-state index contributed by atoms with van der Waals surface area (Å²) in [4.78, 5) is 41.4. The third-order valence-corrected chi connectivity index (χ3v) is 12.9. The first-order chi connectivity index (χ1) is 30.1. The fraction of sp³-hybridized carbons (Fsp3) is 0.667. The number of phenols is 3. The molecule has 0 aromatic heterocycles. The molecule has 0 spiro atoms. The summed E-state index contributed by atoms with van der Waals surface area (Å²) in [6.45, 7) is 24.7. The number of hydrogen-bond donors (Lipinski definition) is 5. The number of fused-ring (bicyclic) bond motifs is 16. The molecule has 4 aliphatic heterocycles. The van der Waals surface area contributed by atoms with Crippen LogP contribution < -0.4 is 15.4 Å². The number of anilines is 1. The fourth-order valence-electron chi connectivity index (χ4n) is 9.44. The molecule has 0 aliphatic carbocycles. The minimum atomic E-state index is -2.00. The molecule has 356 valence electrons. The van der Waals surface area contributed by atoms with Gasteiger partial charge >= 0.3 is 11.8 Å². The predicted molar refractivity (Wildman–Crippen MR) is 244 cm³/mol. The molecule has 1 amide bonds. The van der Waals surface area contributed by atoms with Crippen LogP contribution in [-0.4, -0.2) is 120 Å². The van der Waals surface area contributed by atoms with Crippen LogP contribution in [0.1, 0.15) is 117 Å². The number of carbonyl (C=O) groups excluding carboxylic acids is 3. The number of esters is 1. The van der Waals surface area contributed by atoms with E-state index in [9.17, 15) is 29.7 Å². The number of aromatic hydroxyl groups is 3. The number of ketones is 1. The van der Waals surface area contributed by atoms with E-state index >= 15 is 0 Å². The fourth-order valence-corrected chi connectivity index (χ4v) is 9.44. The summed E-state index contributed by atoms with van der Waals surface area (Å²) in [5, 5.41) is 48.0. The number of hydrazone groups is 1. The van der Waals surface area contributed by atoms with Crippen LogP contribution in [-0.2, 0) is 33.3 Å². The van der Waals surface area contributed by atoms with E-state index in [1.54, 1.807) is 18.0 Å². The third-order valence-electron chi connectivity index (χ3n) is 12.9. The number of hydrogen-bond acceptors (Lipinski definition) is 15. The van der Waals surface area contributed by atoms with E-state index in [1.807, 2.05) is 41.5 Å². The van der Waals surface area contributed by atoms with E-state index in [2.05, 4.69) is 29.6 Å². The molecule has 16 nitrogen and oxygen atoms in total. The van der Waals surface area contributed by atoms with E-state index in [-0.39, 0.29) is 75.0 Å². The summed E-state index contributed by atoms with van der Waals surface area (Å²) >= 11 is 0. The highest BCUT2D eigenvalue weighted by atomic mass is 16.7. The molecule has 1 saturated heterocycles. The number of ether oxygens (including phenoxy) is 6. The maximum Gasteiger partial charge on any atom is 0.312 e. The van der Waals surface area contributed by atoms with Crippen molar-refractivity contribution in [3.05, 3.63) is 29.0 Å². The SMILES string of the molecule is CO[C@H]1/C=C/O[C@@]2(C)Oc3c(C)c(O)c4c(O)c(c(/C=N/N5CCNCC5)c(O)c4c3C2=O)NC(=O)C(C)CCC[C@@H](C)[C@@H](OC(C)C)[C@@H](C)[C@H](OC(C)C)[C@H](C)[C@H](OC(C)=O)[C@@H]1C. The third kappa shape index (κ3) is 10.7. The van der Waals surface area contributed by atoms with Crippen LogP contribution in [0, 0.1) is 36.5 Å². The molecule has 4 aliphatic rings. The Morgan fingerprint density at radius 3 is 2.14 bits per heavy atom. The Morgan fingerprint density at radius 1 is 0.906 bits per heavy atom. The largest absolute Gasteiger partial charge is 0.507 e. The quantitative estimate of drug-likeness (QED) is 0.0772. The molecule has 0 radical (unpaired) electrons. The summed E-state index contributed by atoms with van der Waals surface area (Å²) in [6, 6.07) is 0. The lowest BCUT2D eigenvalue weighted by molar-refractivity contribution is -0.172. The summed E-state index contributed by atoms with van der Waals surface area (Å²) in [7, 11) is 1.53. The van der Waals surface area contributed by atoms with Gasteiger partial charge in [-0.1, -0.05) is 41.0 Å². The molecule has 5 bridgehead atoms. The van der Waals surface area contributed by atoms with Crippen molar-refractivity contribution in [1.29, 1.82) is 0 Å². The highest BCUT2D eigenvalue weighted by Gasteiger charge is 2.50. The van der Waals surface area contributed by atoms with Gasteiger partial charge in [-0.15, -0.1) is 0 Å². The van der Waals surface area contributed by atoms with Gasteiger partial charge in [-0.05, 0) is 59.5 Å². The molecule has 64 heavy (non-hydrogen) atoms. The molecule has 16 heteroatoms. The van der Waals surface area contributed by atoms with E-state index < -0.39 is 70.8 Å². The zero-order chi connectivity index (χ0) is 47.4. The molecule has 6 rings (SSSR count). The zero-order valence-corrected chi connectivity index (χ0v) is 39.9. The maximum atomic E-state index is 14.6. The minimum absolute atomic E-state index is 0.0216. The normalized spacial score (nSPS) is 30.5. The Bertz CT molecular complexity index is 2070. The summed E-state index contributed by atoms with van der Waals surface area (Å²) in [6.07, 6.45) is 3.71. The number of methoxy groups -OCH3 is 1. The van der Waals surface area contributed by atoms with Crippen molar-refractivity contribution in [3.63, 3.8) is 0 Å². The Kier molecular flexibility index (Phi) is 16.6. The molecule has 4 heterocycles. The molecule has 1 fully saturated rings. The van der Waals surface area contributed by atoms with Crippen molar-refractivity contribution in [1.82, 2.24) is 10.3 Å². The van der Waals surface area contributed by atoms with E-state index in [0.29, 0.717) is 45.4 Å². The van der Waals surface area contributed by atoms with Crippen molar-refractivity contribution in [3.8, 4) is 23.0 Å². The maximum absolute atomic E-state index is 14.6. The van der Waals surface area contributed by atoms with Crippen LogP contribution in [0.2, 0.25) is 0 Å². The Balaban J connectivity index is 1.68. The van der Waals surface area contributed by atoms with Crippen molar-refractivity contribution in [2.45, 2.75) is 145 Å². The first-order valence-electron chi connectivity index (χ1n) is 22.8. The molecule has 2 aromatic carbocycles. The second-order valence-electron chi connectivity index (χ2n) is 18.6. The zero-order valence-electron chi connectivity index (χ0n) is 39.9. The first kappa shape index (κ1) is 50.4. The number of rotatable bonds is 8. The molecule has 10 atom stereocenters. The summed E-state index contributed by atoms with van der Waals surface area (Å²) in [5.41, 5.74) is -0.258. The number of nitrogens with zero attached hydrogens (tertiary/aromatic N) is 2. The Labute approximate surface area is 378 Å². The lowest BCUT2D eigenvalue weighted by Gasteiger charge is -2.42. The van der Waals surface area contributed by atoms with Gasteiger partial charge in [-0.2, -0.15) is 5.10 Å². The standard InChI is InChI=1S/C48H72N4O12/c1-24(2)61-42-26(5)15-14-16-27(6)47(58)51-38-33(23-50-52-20-18-49-19-21-52)40(55)35-36(41(38)56)39(54)29(8)45-37(35)46(57)48(12,64-45)60-22-17-34(59-13)28(7)43(63-32(11)53)31(10)44(30(42)9)62-25(3)4/h17,22-28,30-31,34,42-44,49,54-56H,14-16,18-21H2,1-13H3,(H,51,58)/b22-17+,50-23+/t26-,27?,28-,30-,31-,34+,42-,43-,44+,48+/m1/s1. The molecule has 5 N–H and O–H groups in total. The van der Waals surface area contributed by atoms with Crippen LogP contribution in [0.5, 0.6) is 23.0 Å². The van der Waals surface area contributed by atoms with Crippen LogP contribution in [0.4, 0.5) is 5.69 Å². The lowest BCUT2D eigenvalue weighted by Crippen LogP contribution is -2.49. The number of Topliss-reactive ketones (excluding diaryl/α,β-unsaturated/α-hetero) is 1. The molecular weight excluding hydrogens is 825 g/mol. The average Bonchev–Trinajstić information content (AvgIpc) is 3.50. The highest BCUT2D eigenvalue weighted by Crippen LogP contribution is 2.55. The summed E-state index contributed by atoms with van der Waals surface area (Å²) in [5.74, 6) is -6.71. The van der Waals surface area contributed by atoms with Crippen LogP contribution in [0.25, 0.3) is 10.8 Å². The van der Waals surface area contributed by atoms with Gasteiger partial charge in [0.15, 0.2) is 5.75 Å². The second-order valence-corrected chi connectivity index (χ2v) is 18.6. The smallest absolute Gasteiger partial charge is 0.312 e. The van der Waals surface area contributed by atoms with Crippen molar-refractivity contribution < 1.29 is 58.1 Å². The Morgan fingerprint density at radius 2 is 1.53 bits per heavy atom. The van der Waals surface area contributed by atoms with Gasteiger partial charge in [-0.3, -0.25) is 19.4 Å².